The Balaban J connectivity index is 2.26. The molecule has 1 nitrogen and oxygen atoms in total. The highest BCUT2D eigenvalue weighted by atomic mass is 79.9. The van der Waals surface area contributed by atoms with Crippen LogP contribution in [-0.2, 0) is 6.42 Å². The Hall–Kier alpha value is -0.600. The normalized spacial score (nSPS) is 11.1. The maximum atomic E-state index is 8.60. The first kappa shape index (κ1) is 12.5. The molecule has 15 heavy (non-hydrogen) atoms. The molecule has 1 rings (SSSR count). The molecule has 0 saturated heterocycles. The first-order chi connectivity index (χ1) is 7.34. The summed E-state index contributed by atoms with van der Waals surface area (Å²) in [6.07, 6.45) is 8.31. The van der Waals surface area contributed by atoms with E-state index in [1.54, 1.807) is 0 Å². The average Bonchev–Trinajstić information content (AvgIpc) is 2.25. The molecule has 0 amide bonds. The molecule has 0 atom stereocenters. The topological polar surface area (TPSA) is 20.2 Å². The second-order valence-corrected chi connectivity index (χ2v) is 4.32. The molecular formula is C13H17BrO. The fraction of sp³-hybridized carbons (Fsp3) is 0.385. The number of aliphatic hydroxyl groups is 1. The Morgan fingerprint density at radius 1 is 1.13 bits per heavy atom. The predicted octanol–water partition coefficient (Wildman–Crippen LogP) is 3.71. The van der Waals surface area contributed by atoms with Gasteiger partial charge in [-0.2, -0.15) is 0 Å². The van der Waals surface area contributed by atoms with Crippen molar-refractivity contribution in [1.82, 2.24) is 0 Å². The van der Waals surface area contributed by atoms with Crippen molar-refractivity contribution in [2.45, 2.75) is 25.7 Å². The largest absolute Gasteiger partial charge is 0.396 e. The van der Waals surface area contributed by atoms with Gasteiger partial charge in [-0.1, -0.05) is 46.3 Å². The highest BCUT2D eigenvalue weighted by Gasteiger charge is 1.95. The van der Waals surface area contributed by atoms with Gasteiger partial charge in [0, 0.05) is 11.1 Å². The summed E-state index contributed by atoms with van der Waals surface area (Å²) in [4.78, 5) is 0. The molecule has 1 N–H and O–H groups in total. The Bertz CT molecular complexity index is 307. The molecule has 0 aliphatic heterocycles. The van der Waals surface area contributed by atoms with Crippen LogP contribution in [0.25, 0.3) is 0 Å². The maximum Gasteiger partial charge on any atom is 0.0433 e. The Morgan fingerprint density at radius 2 is 1.87 bits per heavy atom. The standard InChI is InChI=1S/C13H17BrO/c14-13-10-6-5-9-12(13)8-4-2-1-3-7-11-15/h1-2,5-6,9-10,15H,3-4,7-8,11H2/b2-1-. The van der Waals surface area contributed by atoms with E-state index in [1.807, 2.05) is 6.07 Å². The second-order valence-electron chi connectivity index (χ2n) is 3.47. The summed E-state index contributed by atoms with van der Waals surface area (Å²) >= 11 is 3.53. The van der Waals surface area contributed by atoms with Crippen molar-refractivity contribution in [3.8, 4) is 0 Å². The molecule has 1 aromatic carbocycles. The van der Waals surface area contributed by atoms with Gasteiger partial charge in [0.25, 0.3) is 0 Å². The van der Waals surface area contributed by atoms with E-state index in [-0.39, 0.29) is 6.61 Å². The summed E-state index contributed by atoms with van der Waals surface area (Å²) in [7, 11) is 0. The zero-order valence-electron chi connectivity index (χ0n) is 8.82. The fourth-order valence-corrected chi connectivity index (χ4v) is 1.87. The van der Waals surface area contributed by atoms with Crippen molar-refractivity contribution < 1.29 is 5.11 Å². The number of hydrogen-bond donors (Lipinski definition) is 1. The molecule has 0 saturated carbocycles. The zero-order chi connectivity index (χ0) is 10.9. The van der Waals surface area contributed by atoms with Crippen LogP contribution in [0.2, 0.25) is 0 Å². The van der Waals surface area contributed by atoms with Gasteiger partial charge in [-0.15, -0.1) is 0 Å². The zero-order valence-corrected chi connectivity index (χ0v) is 10.4. The van der Waals surface area contributed by atoms with Gasteiger partial charge in [-0.3, -0.25) is 0 Å². The van der Waals surface area contributed by atoms with E-state index in [9.17, 15) is 0 Å². The van der Waals surface area contributed by atoms with Gasteiger partial charge in [0.05, 0.1) is 0 Å². The Kier molecular flexibility index (Phi) is 6.37. The monoisotopic (exact) mass is 268 g/mol. The van der Waals surface area contributed by atoms with E-state index in [2.05, 4.69) is 46.3 Å². The van der Waals surface area contributed by atoms with E-state index in [0.717, 1.165) is 25.7 Å². The van der Waals surface area contributed by atoms with Crippen LogP contribution in [0.1, 0.15) is 24.8 Å². The van der Waals surface area contributed by atoms with E-state index < -0.39 is 0 Å². The van der Waals surface area contributed by atoms with E-state index in [1.165, 1.54) is 10.0 Å². The maximum absolute atomic E-state index is 8.60. The van der Waals surface area contributed by atoms with Crippen LogP contribution >= 0.6 is 15.9 Å². The molecule has 0 aromatic heterocycles. The van der Waals surface area contributed by atoms with Crippen LogP contribution in [0, 0.1) is 0 Å². The number of halogens is 1. The lowest BCUT2D eigenvalue weighted by molar-refractivity contribution is 0.289. The fourth-order valence-electron chi connectivity index (χ4n) is 1.38. The average molecular weight is 269 g/mol. The van der Waals surface area contributed by atoms with Gasteiger partial charge in [-0.25, -0.2) is 0 Å². The SMILES string of the molecule is OCCC/C=C\CCc1ccccc1Br. The van der Waals surface area contributed by atoms with Gasteiger partial charge in [0.1, 0.15) is 0 Å². The quantitative estimate of drug-likeness (QED) is 0.616. The highest BCUT2D eigenvalue weighted by molar-refractivity contribution is 9.10. The number of benzene rings is 1. The van der Waals surface area contributed by atoms with Crippen molar-refractivity contribution >= 4 is 15.9 Å². The summed E-state index contributed by atoms with van der Waals surface area (Å²) in [6, 6.07) is 8.32. The molecule has 0 bridgehead atoms. The Labute approximate surface area is 100.0 Å². The molecule has 1 aromatic rings. The third-order valence-electron chi connectivity index (χ3n) is 2.23. The molecule has 0 heterocycles. The molecule has 0 aliphatic rings. The van der Waals surface area contributed by atoms with Crippen LogP contribution < -0.4 is 0 Å². The number of aryl methyl sites for hydroxylation is 1. The predicted molar refractivity (Wildman–Crippen MR) is 67.9 cm³/mol. The summed E-state index contributed by atoms with van der Waals surface area (Å²) in [5, 5.41) is 8.60. The van der Waals surface area contributed by atoms with Crippen molar-refractivity contribution in [3.05, 3.63) is 46.5 Å². The third-order valence-corrected chi connectivity index (χ3v) is 3.01. The lowest BCUT2D eigenvalue weighted by Crippen LogP contribution is -1.84. The Morgan fingerprint density at radius 3 is 2.60 bits per heavy atom. The molecule has 0 unspecified atom stereocenters. The van der Waals surface area contributed by atoms with Gasteiger partial charge in [0.2, 0.25) is 0 Å². The smallest absolute Gasteiger partial charge is 0.0433 e. The van der Waals surface area contributed by atoms with Crippen LogP contribution in [0.4, 0.5) is 0 Å². The van der Waals surface area contributed by atoms with Crippen LogP contribution in [-0.4, -0.2) is 11.7 Å². The number of rotatable bonds is 6. The lowest BCUT2D eigenvalue weighted by atomic mass is 10.1. The van der Waals surface area contributed by atoms with Crippen molar-refractivity contribution in [3.63, 3.8) is 0 Å². The minimum Gasteiger partial charge on any atom is -0.396 e. The van der Waals surface area contributed by atoms with Gasteiger partial charge < -0.3 is 5.11 Å². The minimum absolute atomic E-state index is 0.286. The summed E-state index contributed by atoms with van der Waals surface area (Å²) in [5.41, 5.74) is 1.35. The minimum atomic E-state index is 0.286. The number of allylic oxidation sites excluding steroid dienone is 2. The van der Waals surface area contributed by atoms with Crippen molar-refractivity contribution in [2.75, 3.05) is 6.61 Å². The molecule has 2 heteroatoms. The van der Waals surface area contributed by atoms with Crippen LogP contribution in [0.5, 0.6) is 0 Å². The number of unbranched alkanes of at least 4 members (excludes halogenated alkanes) is 1. The lowest BCUT2D eigenvalue weighted by Gasteiger charge is -2.00. The van der Waals surface area contributed by atoms with Crippen molar-refractivity contribution in [2.24, 2.45) is 0 Å². The van der Waals surface area contributed by atoms with Gasteiger partial charge in [-0.05, 0) is 37.3 Å². The third kappa shape index (κ3) is 5.14. The number of aliphatic hydroxyl groups excluding tert-OH is 1. The first-order valence-corrected chi connectivity index (χ1v) is 6.13. The molecule has 0 fully saturated rings. The van der Waals surface area contributed by atoms with Gasteiger partial charge in [0.15, 0.2) is 0 Å². The summed E-state index contributed by atoms with van der Waals surface area (Å²) in [5.74, 6) is 0. The molecule has 82 valence electrons. The van der Waals surface area contributed by atoms with Crippen LogP contribution in [0.15, 0.2) is 40.9 Å². The van der Waals surface area contributed by atoms with E-state index >= 15 is 0 Å². The van der Waals surface area contributed by atoms with E-state index in [0.29, 0.717) is 0 Å². The molecular weight excluding hydrogens is 252 g/mol. The summed E-state index contributed by atoms with van der Waals surface area (Å²) in [6.45, 7) is 0.286. The second kappa shape index (κ2) is 7.66. The van der Waals surface area contributed by atoms with Crippen molar-refractivity contribution in [1.29, 1.82) is 0 Å². The number of hydrogen-bond acceptors (Lipinski definition) is 1. The molecule has 0 radical (unpaired) electrons. The van der Waals surface area contributed by atoms with Crippen LogP contribution in [0.3, 0.4) is 0 Å². The first-order valence-electron chi connectivity index (χ1n) is 5.34. The summed E-state index contributed by atoms with van der Waals surface area (Å²) < 4.78 is 1.19. The molecule has 0 aliphatic carbocycles. The highest BCUT2D eigenvalue weighted by Crippen LogP contribution is 2.17. The van der Waals surface area contributed by atoms with Gasteiger partial charge >= 0.3 is 0 Å². The van der Waals surface area contributed by atoms with E-state index in [4.69, 9.17) is 5.11 Å². The molecule has 0 spiro atoms.